The summed E-state index contributed by atoms with van der Waals surface area (Å²) in [7, 11) is 0. The van der Waals surface area contributed by atoms with Crippen LogP contribution in [0.3, 0.4) is 0 Å². The van der Waals surface area contributed by atoms with E-state index in [4.69, 9.17) is 18.0 Å². The lowest BCUT2D eigenvalue weighted by Gasteiger charge is -2.10. The number of hydrogen-bond acceptors (Lipinski definition) is 4. The summed E-state index contributed by atoms with van der Waals surface area (Å²) in [4.78, 5) is 8.08. The van der Waals surface area contributed by atoms with Gasteiger partial charge in [-0.25, -0.2) is 0 Å². The molecule has 2 rings (SSSR count). The molecular weight excluding hydrogens is 226 g/mol. The minimum Gasteiger partial charge on any atom is -0.369 e. The Morgan fingerprint density at radius 3 is 3.19 bits per heavy atom. The summed E-state index contributed by atoms with van der Waals surface area (Å²) < 4.78 is 1.61. The van der Waals surface area contributed by atoms with Crippen LogP contribution in [0.15, 0.2) is 6.33 Å². The second-order valence-electron chi connectivity index (χ2n) is 3.23. The first-order chi connectivity index (χ1) is 7.74. The van der Waals surface area contributed by atoms with Gasteiger partial charge in [-0.2, -0.15) is 19.6 Å². The van der Waals surface area contributed by atoms with Crippen LogP contribution in [0.25, 0.3) is 5.78 Å². The van der Waals surface area contributed by atoms with Gasteiger partial charge >= 0.3 is 0 Å². The van der Waals surface area contributed by atoms with E-state index in [9.17, 15) is 0 Å². The summed E-state index contributed by atoms with van der Waals surface area (Å²) in [5, 5.41) is 7.67. The minimum atomic E-state index is 0.420. The first kappa shape index (κ1) is 10.7. The van der Waals surface area contributed by atoms with Crippen LogP contribution in [-0.2, 0) is 0 Å². The molecule has 0 aliphatic rings. The van der Waals surface area contributed by atoms with Crippen molar-refractivity contribution in [3.8, 4) is 12.3 Å². The van der Waals surface area contributed by atoms with Gasteiger partial charge < -0.3 is 5.32 Å². The van der Waals surface area contributed by atoms with Crippen LogP contribution < -0.4 is 5.32 Å². The third-order valence-corrected chi connectivity index (χ3v) is 2.53. The summed E-state index contributed by atoms with van der Waals surface area (Å²) in [6.45, 7) is 2.53. The number of hydrogen-bond donors (Lipinski definition) is 1. The Morgan fingerprint density at radius 2 is 2.44 bits per heavy atom. The van der Waals surface area contributed by atoms with Crippen molar-refractivity contribution in [2.24, 2.45) is 0 Å². The number of halogens is 1. The van der Waals surface area contributed by atoms with E-state index in [1.807, 2.05) is 6.92 Å². The molecule has 0 spiro atoms. The molecular formula is C10H10ClN5. The zero-order valence-corrected chi connectivity index (χ0v) is 9.49. The van der Waals surface area contributed by atoms with Crippen molar-refractivity contribution in [3.05, 3.63) is 17.0 Å². The maximum Gasteiger partial charge on any atom is 0.255 e. The SMILES string of the molecule is C#CCCNc1c(C)c(Cl)nc2ncnn12. The molecule has 0 saturated heterocycles. The van der Waals surface area contributed by atoms with E-state index < -0.39 is 0 Å². The molecule has 1 N–H and O–H groups in total. The molecule has 2 heterocycles. The lowest BCUT2D eigenvalue weighted by molar-refractivity contribution is 0.913. The lowest BCUT2D eigenvalue weighted by Crippen LogP contribution is -2.09. The number of nitrogens with one attached hydrogen (secondary N) is 1. The number of anilines is 1. The Balaban J connectivity index is 2.44. The predicted molar refractivity (Wildman–Crippen MR) is 62.5 cm³/mol. The molecule has 0 bridgehead atoms. The maximum absolute atomic E-state index is 5.99. The Kier molecular flexibility index (Phi) is 2.93. The highest BCUT2D eigenvalue weighted by Crippen LogP contribution is 2.21. The van der Waals surface area contributed by atoms with Crippen molar-refractivity contribution in [2.75, 3.05) is 11.9 Å². The number of nitrogens with zero attached hydrogens (tertiary/aromatic N) is 4. The second kappa shape index (κ2) is 4.37. The largest absolute Gasteiger partial charge is 0.369 e. The first-order valence-electron chi connectivity index (χ1n) is 4.77. The maximum atomic E-state index is 5.99. The number of terminal acetylenes is 1. The number of fused-ring (bicyclic) bond motifs is 1. The standard InChI is InChI=1S/C10H10ClN5/c1-3-4-5-12-9-7(2)8(11)15-10-13-6-14-16(9)10/h1,6,12H,4-5H2,2H3. The van der Waals surface area contributed by atoms with Gasteiger partial charge in [0.1, 0.15) is 17.3 Å². The molecule has 0 fully saturated rings. The third-order valence-electron chi connectivity index (χ3n) is 2.17. The molecule has 2 aromatic heterocycles. The Hall–Kier alpha value is -1.80. The molecule has 0 radical (unpaired) electrons. The van der Waals surface area contributed by atoms with Gasteiger partial charge in [0.25, 0.3) is 5.78 Å². The number of rotatable bonds is 3. The summed E-state index contributed by atoms with van der Waals surface area (Å²) in [6, 6.07) is 0. The summed E-state index contributed by atoms with van der Waals surface area (Å²) in [6.07, 6.45) is 7.26. The zero-order chi connectivity index (χ0) is 11.5. The smallest absolute Gasteiger partial charge is 0.255 e. The van der Waals surface area contributed by atoms with Crippen molar-refractivity contribution >= 4 is 23.2 Å². The van der Waals surface area contributed by atoms with Gasteiger partial charge in [-0.15, -0.1) is 12.3 Å². The molecule has 0 atom stereocenters. The summed E-state index contributed by atoms with van der Waals surface area (Å²) >= 11 is 5.99. The second-order valence-corrected chi connectivity index (χ2v) is 3.59. The van der Waals surface area contributed by atoms with Crippen molar-refractivity contribution in [1.29, 1.82) is 0 Å². The fraction of sp³-hybridized carbons (Fsp3) is 0.300. The average molecular weight is 236 g/mol. The molecule has 0 unspecified atom stereocenters. The van der Waals surface area contributed by atoms with Crippen molar-refractivity contribution in [2.45, 2.75) is 13.3 Å². The van der Waals surface area contributed by atoms with Crippen LogP contribution in [0.4, 0.5) is 5.82 Å². The molecule has 82 valence electrons. The summed E-state index contributed by atoms with van der Waals surface area (Å²) in [5.41, 5.74) is 0.830. The Labute approximate surface area is 97.9 Å². The van der Waals surface area contributed by atoms with Gasteiger partial charge in [-0.3, -0.25) is 0 Å². The van der Waals surface area contributed by atoms with Crippen LogP contribution in [-0.4, -0.2) is 26.1 Å². The molecule has 6 heteroatoms. The van der Waals surface area contributed by atoms with Gasteiger partial charge in [0, 0.05) is 18.5 Å². The normalized spacial score (nSPS) is 10.3. The van der Waals surface area contributed by atoms with Crippen LogP contribution in [0, 0.1) is 19.3 Å². The molecule has 0 aromatic carbocycles. The molecule has 2 aromatic rings. The van der Waals surface area contributed by atoms with Gasteiger partial charge in [-0.1, -0.05) is 11.6 Å². The van der Waals surface area contributed by atoms with E-state index in [1.165, 1.54) is 6.33 Å². The monoisotopic (exact) mass is 235 g/mol. The molecule has 0 aliphatic carbocycles. The van der Waals surface area contributed by atoms with E-state index in [0.717, 1.165) is 11.4 Å². The molecule has 16 heavy (non-hydrogen) atoms. The van der Waals surface area contributed by atoms with Gasteiger partial charge in [0.05, 0.1) is 0 Å². The highest BCUT2D eigenvalue weighted by atomic mass is 35.5. The van der Waals surface area contributed by atoms with Crippen LogP contribution in [0.5, 0.6) is 0 Å². The van der Waals surface area contributed by atoms with E-state index in [2.05, 4.69) is 26.3 Å². The third kappa shape index (κ3) is 1.79. The minimum absolute atomic E-state index is 0.420. The van der Waals surface area contributed by atoms with Crippen LogP contribution in [0.1, 0.15) is 12.0 Å². The molecule has 0 saturated carbocycles. The van der Waals surface area contributed by atoms with Gasteiger partial charge in [-0.05, 0) is 6.92 Å². The zero-order valence-electron chi connectivity index (χ0n) is 8.74. The van der Waals surface area contributed by atoms with Crippen molar-refractivity contribution < 1.29 is 0 Å². The first-order valence-corrected chi connectivity index (χ1v) is 5.15. The van der Waals surface area contributed by atoms with Crippen molar-refractivity contribution in [3.63, 3.8) is 0 Å². The fourth-order valence-corrected chi connectivity index (χ4v) is 1.52. The average Bonchev–Trinajstić information content (AvgIpc) is 2.71. The lowest BCUT2D eigenvalue weighted by atomic mass is 10.3. The highest BCUT2D eigenvalue weighted by Gasteiger charge is 2.11. The Bertz CT molecular complexity index is 554. The molecule has 5 nitrogen and oxygen atoms in total. The van der Waals surface area contributed by atoms with Crippen molar-refractivity contribution in [1.82, 2.24) is 19.6 Å². The number of aromatic nitrogens is 4. The van der Waals surface area contributed by atoms with E-state index in [0.29, 0.717) is 23.9 Å². The topological polar surface area (TPSA) is 55.1 Å². The van der Waals surface area contributed by atoms with Crippen LogP contribution in [0.2, 0.25) is 5.15 Å². The van der Waals surface area contributed by atoms with E-state index in [1.54, 1.807) is 4.52 Å². The Morgan fingerprint density at radius 1 is 1.62 bits per heavy atom. The fourth-order valence-electron chi connectivity index (χ4n) is 1.36. The van der Waals surface area contributed by atoms with Gasteiger partial charge in [0.2, 0.25) is 0 Å². The van der Waals surface area contributed by atoms with E-state index in [-0.39, 0.29) is 0 Å². The predicted octanol–water partition coefficient (Wildman–Crippen LogP) is 1.52. The highest BCUT2D eigenvalue weighted by molar-refractivity contribution is 6.30. The van der Waals surface area contributed by atoms with E-state index >= 15 is 0 Å². The van der Waals surface area contributed by atoms with Crippen LogP contribution >= 0.6 is 11.6 Å². The summed E-state index contributed by atoms with van der Waals surface area (Å²) in [5.74, 6) is 3.81. The van der Waals surface area contributed by atoms with Gasteiger partial charge in [0.15, 0.2) is 0 Å². The quantitative estimate of drug-likeness (QED) is 0.498. The molecule has 0 amide bonds. The molecule has 0 aliphatic heterocycles.